The molecule has 0 aromatic carbocycles. The third-order valence-electron chi connectivity index (χ3n) is 4.38. The molecule has 2 heterocycles. The summed E-state index contributed by atoms with van der Waals surface area (Å²) in [6.07, 6.45) is 2.85. The molecule has 2 aliphatic heterocycles. The van der Waals surface area contributed by atoms with Gasteiger partial charge in [0.15, 0.2) is 0 Å². The second kappa shape index (κ2) is 5.20. The molecule has 0 radical (unpaired) electrons. The predicted octanol–water partition coefficient (Wildman–Crippen LogP) is 1.15. The zero-order chi connectivity index (χ0) is 14.0. The smallest absolute Gasteiger partial charge is 0.245 e. The SMILES string of the molecule is CC(C(=O)N1CCC(C)(C#N)CC1)N1CCCC1=O. The van der Waals surface area contributed by atoms with Crippen LogP contribution in [0.3, 0.4) is 0 Å². The largest absolute Gasteiger partial charge is 0.341 e. The summed E-state index contributed by atoms with van der Waals surface area (Å²) < 4.78 is 0. The van der Waals surface area contributed by atoms with E-state index in [1.54, 1.807) is 9.80 Å². The van der Waals surface area contributed by atoms with Crippen LogP contribution in [0.4, 0.5) is 0 Å². The first-order valence-corrected chi connectivity index (χ1v) is 6.96. The van der Waals surface area contributed by atoms with Gasteiger partial charge in [0, 0.05) is 26.1 Å². The first-order valence-electron chi connectivity index (χ1n) is 6.96. The second-order valence-corrected chi connectivity index (χ2v) is 5.86. The summed E-state index contributed by atoms with van der Waals surface area (Å²) in [6.45, 7) is 5.69. The fourth-order valence-corrected chi connectivity index (χ4v) is 2.81. The maximum atomic E-state index is 12.4. The van der Waals surface area contributed by atoms with Crippen molar-refractivity contribution in [2.75, 3.05) is 19.6 Å². The first-order chi connectivity index (χ1) is 8.97. The molecule has 1 unspecified atom stereocenters. The molecule has 2 saturated heterocycles. The lowest BCUT2D eigenvalue weighted by molar-refractivity contribution is -0.144. The average molecular weight is 263 g/mol. The Morgan fingerprint density at radius 1 is 1.37 bits per heavy atom. The van der Waals surface area contributed by atoms with Crippen LogP contribution >= 0.6 is 0 Å². The fourth-order valence-electron chi connectivity index (χ4n) is 2.81. The van der Waals surface area contributed by atoms with Crippen molar-refractivity contribution in [3.8, 4) is 6.07 Å². The van der Waals surface area contributed by atoms with Crippen molar-refractivity contribution in [2.45, 2.75) is 45.6 Å². The molecule has 1 atom stereocenters. The minimum Gasteiger partial charge on any atom is -0.341 e. The summed E-state index contributed by atoms with van der Waals surface area (Å²) >= 11 is 0. The molecule has 0 spiro atoms. The summed E-state index contributed by atoms with van der Waals surface area (Å²) in [4.78, 5) is 27.5. The molecule has 0 aromatic rings. The average Bonchev–Trinajstić information content (AvgIpc) is 2.84. The van der Waals surface area contributed by atoms with Crippen LogP contribution in [0.2, 0.25) is 0 Å². The maximum absolute atomic E-state index is 12.4. The topological polar surface area (TPSA) is 64.4 Å². The number of amides is 2. The van der Waals surface area contributed by atoms with Gasteiger partial charge in [0.05, 0.1) is 11.5 Å². The Kier molecular flexibility index (Phi) is 3.79. The van der Waals surface area contributed by atoms with Crippen molar-refractivity contribution in [3.63, 3.8) is 0 Å². The van der Waals surface area contributed by atoms with Gasteiger partial charge in [-0.2, -0.15) is 5.26 Å². The van der Waals surface area contributed by atoms with Crippen molar-refractivity contribution in [1.29, 1.82) is 5.26 Å². The molecule has 2 rings (SSSR count). The van der Waals surface area contributed by atoms with Crippen LogP contribution in [-0.2, 0) is 9.59 Å². The van der Waals surface area contributed by atoms with Gasteiger partial charge >= 0.3 is 0 Å². The van der Waals surface area contributed by atoms with Crippen LogP contribution in [0, 0.1) is 16.7 Å². The van der Waals surface area contributed by atoms with E-state index in [1.807, 2.05) is 13.8 Å². The lowest BCUT2D eigenvalue weighted by Gasteiger charge is -2.37. The number of rotatable bonds is 2. The van der Waals surface area contributed by atoms with E-state index in [1.165, 1.54) is 0 Å². The highest BCUT2D eigenvalue weighted by molar-refractivity contribution is 5.88. The van der Waals surface area contributed by atoms with E-state index in [4.69, 9.17) is 5.26 Å². The molecule has 5 heteroatoms. The van der Waals surface area contributed by atoms with E-state index in [0.29, 0.717) is 26.1 Å². The third kappa shape index (κ3) is 2.73. The summed E-state index contributed by atoms with van der Waals surface area (Å²) in [7, 11) is 0. The molecule has 0 saturated carbocycles. The van der Waals surface area contributed by atoms with Crippen LogP contribution in [0.15, 0.2) is 0 Å². The van der Waals surface area contributed by atoms with E-state index >= 15 is 0 Å². The number of nitriles is 1. The Morgan fingerprint density at radius 2 is 2.00 bits per heavy atom. The Labute approximate surface area is 114 Å². The molecule has 0 aliphatic carbocycles. The fraction of sp³-hybridized carbons (Fsp3) is 0.786. The van der Waals surface area contributed by atoms with E-state index < -0.39 is 0 Å². The minimum absolute atomic E-state index is 0.0234. The van der Waals surface area contributed by atoms with Crippen LogP contribution in [-0.4, -0.2) is 47.3 Å². The molecular formula is C14H21N3O2. The zero-order valence-electron chi connectivity index (χ0n) is 11.7. The first kappa shape index (κ1) is 13.9. The Hall–Kier alpha value is -1.57. The minimum atomic E-state index is -0.360. The molecule has 5 nitrogen and oxygen atoms in total. The number of nitrogens with zero attached hydrogens (tertiary/aromatic N) is 3. The summed E-state index contributed by atoms with van der Waals surface area (Å²) in [5.41, 5.74) is -0.302. The maximum Gasteiger partial charge on any atom is 0.245 e. The highest BCUT2D eigenvalue weighted by Crippen LogP contribution is 2.30. The zero-order valence-corrected chi connectivity index (χ0v) is 11.7. The van der Waals surface area contributed by atoms with Gasteiger partial charge in [0.1, 0.15) is 6.04 Å². The Bertz CT molecular complexity index is 419. The monoisotopic (exact) mass is 263 g/mol. The van der Waals surface area contributed by atoms with Gasteiger partial charge in [-0.1, -0.05) is 0 Å². The van der Waals surface area contributed by atoms with E-state index in [-0.39, 0.29) is 23.3 Å². The molecule has 19 heavy (non-hydrogen) atoms. The lowest BCUT2D eigenvalue weighted by atomic mass is 9.82. The van der Waals surface area contributed by atoms with Gasteiger partial charge in [-0.05, 0) is 33.1 Å². The molecule has 0 bridgehead atoms. The Morgan fingerprint density at radius 3 is 2.47 bits per heavy atom. The number of hydrogen-bond acceptors (Lipinski definition) is 3. The van der Waals surface area contributed by atoms with Gasteiger partial charge in [0.2, 0.25) is 11.8 Å². The lowest BCUT2D eigenvalue weighted by Crippen LogP contribution is -2.50. The van der Waals surface area contributed by atoms with Crippen LogP contribution < -0.4 is 0 Å². The Balaban J connectivity index is 1.94. The summed E-state index contributed by atoms with van der Waals surface area (Å²) in [5, 5.41) is 9.09. The highest BCUT2D eigenvalue weighted by Gasteiger charge is 2.36. The number of piperidine rings is 1. The molecule has 2 fully saturated rings. The molecule has 2 aliphatic rings. The van der Waals surface area contributed by atoms with E-state index in [0.717, 1.165) is 19.3 Å². The molecule has 2 amide bonds. The van der Waals surface area contributed by atoms with Gasteiger partial charge in [-0.15, -0.1) is 0 Å². The highest BCUT2D eigenvalue weighted by atomic mass is 16.2. The van der Waals surface area contributed by atoms with Crippen molar-refractivity contribution >= 4 is 11.8 Å². The van der Waals surface area contributed by atoms with E-state index in [2.05, 4.69) is 6.07 Å². The van der Waals surface area contributed by atoms with Gasteiger partial charge in [-0.25, -0.2) is 0 Å². The van der Waals surface area contributed by atoms with Gasteiger partial charge < -0.3 is 9.80 Å². The number of hydrogen-bond donors (Lipinski definition) is 0. The van der Waals surface area contributed by atoms with Crippen molar-refractivity contribution < 1.29 is 9.59 Å². The van der Waals surface area contributed by atoms with Crippen molar-refractivity contribution in [3.05, 3.63) is 0 Å². The number of carbonyl (C=O) groups excluding carboxylic acids is 2. The quantitative estimate of drug-likeness (QED) is 0.750. The van der Waals surface area contributed by atoms with Crippen LogP contribution in [0.25, 0.3) is 0 Å². The standard InChI is InChI=1S/C14H21N3O2/c1-11(17-7-3-4-12(17)18)13(19)16-8-5-14(2,10-15)6-9-16/h11H,3-9H2,1-2H3. The van der Waals surface area contributed by atoms with Gasteiger partial charge in [-0.3, -0.25) is 9.59 Å². The van der Waals surface area contributed by atoms with E-state index in [9.17, 15) is 9.59 Å². The number of likely N-dealkylation sites (tertiary alicyclic amines) is 2. The summed E-state index contributed by atoms with van der Waals surface area (Å²) in [6, 6.07) is 1.97. The van der Waals surface area contributed by atoms with Crippen molar-refractivity contribution in [2.24, 2.45) is 5.41 Å². The third-order valence-corrected chi connectivity index (χ3v) is 4.38. The van der Waals surface area contributed by atoms with Crippen LogP contribution in [0.5, 0.6) is 0 Å². The van der Waals surface area contributed by atoms with Gasteiger partial charge in [0.25, 0.3) is 0 Å². The second-order valence-electron chi connectivity index (χ2n) is 5.86. The molecule has 0 aromatic heterocycles. The molecule has 0 N–H and O–H groups in total. The van der Waals surface area contributed by atoms with Crippen molar-refractivity contribution in [1.82, 2.24) is 9.80 Å². The number of carbonyl (C=O) groups is 2. The predicted molar refractivity (Wildman–Crippen MR) is 69.9 cm³/mol. The summed E-state index contributed by atoms with van der Waals surface area (Å²) in [5.74, 6) is 0.106. The molecule has 104 valence electrons. The van der Waals surface area contributed by atoms with Crippen LogP contribution in [0.1, 0.15) is 39.5 Å². The molecular weight excluding hydrogens is 242 g/mol. The normalized spacial score (nSPS) is 24.2.